The molecule has 2 atom stereocenters. The molecule has 3 N–H and O–H groups in total. The summed E-state index contributed by atoms with van der Waals surface area (Å²) in [6, 6.07) is 0. The average molecular weight is 483 g/mol. The molecule has 0 saturated carbocycles. The number of aliphatic hydroxyl groups excluding tert-OH is 1. The maximum atomic E-state index is 12.1. The standard InChI is InChI=1S/C27H50N2O5/c1-22(2)23-21-25(31)29(27(23)34)20-19-28-24(30)17-15-13-11-9-7-5-3-4-6-8-10-12-14-16-18-26(32)33/h22-23,27,34H,3-21H2,1-2H3,(H,28,30)(H,32,33). The second-order valence-electron chi connectivity index (χ2n) is 10.3. The zero-order valence-corrected chi connectivity index (χ0v) is 21.7. The van der Waals surface area contributed by atoms with Crippen LogP contribution < -0.4 is 5.32 Å². The van der Waals surface area contributed by atoms with Gasteiger partial charge in [-0.1, -0.05) is 90.9 Å². The van der Waals surface area contributed by atoms with Crippen LogP contribution in [0.2, 0.25) is 0 Å². The van der Waals surface area contributed by atoms with Crippen molar-refractivity contribution in [2.75, 3.05) is 13.1 Å². The van der Waals surface area contributed by atoms with E-state index in [1.54, 1.807) is 0 Å². The number of carboxylic acids is 1. The number of carboxylic acid groups (broad SMARTS) is 1. The van der Waals surface area contributed by atoms with Gasteiger partial charge in [0.2, 0.25) is 11.8 Å². The smallest absolute Gasteiger partial charge is 0.303 e. The summed E-state index contributed by atoms with van der Waals surface area (Å²) in [4.78, 5) is 36.0. The van der Waals surface area contributed by atoms with Crippen LogP contribution in [0.3, 0.4) is 0 Å². The number of unbranched alkanes of at least 4 members (excludes halogenated alkanes) is 13. The number of hydrogen-bond acceptors (Lipinski definition) is 4. The highest BCUT2D eigenvalue weighted by Crippen LogP contribution is 2.29. The summed E-state index contributed by atoms with van der Waals surface area (Å²) < 4.78 is 0. The fourth-order valence-electron chi connectivity index (χ4n) is 4.73. The molecular weight excluding hydrogens is 432 g/mol. The summed E-state index contributed by atoms with van der Waals surface area (Å²) in [6.07, 6.45) is 16.8. The van der Waals surface area contributed by atoms with E-state index in [0.717, 1.165) is 32.1 Å². The normalized spacial score (nSPS) is 18.1. The maximum Gasteiger partial charge on any atom is 0.303 e. The maximum absolute atomic E-state index is 12.1. The molecule has 1 saturated heterocycles. The van der Waals surface area contributed by atoms with Crippen molar-refractivity contribution in [3.8, 4) is 0 Å². The summed E-state index contributed by atoms with van der Waals surface area (Å²) in [5.74, 6) is -0.432. The second-order valence-corrected chi connectivity index (χ2v) is 10.3. The van der Waals surface area contributed by atoms with Crippen LogP contribution in [0.15, 0.2) is 0 Å². The molecule has 0 spiro atoms. The van der Waals surface area contributed by atoms with Crippen LogP contribution in [0.25, 0.3) is 0 Å². The van der Waals surface area contributed by atoms with E-state index in [0.29, 0.717) is 32.4 Å². The van der Waals surface area contributed by atoms with Crippen molar-refractivity contribution in [2.24, 2.45) is 11.8 Å². The van der Waals surface area contributed by atoms with Crippen LogP contribution >= 0.6 is 0 Å². The van der Waals surface area contributed by atoms with Crippen molar-refractivity contribution in [3.63, 3.8) is 0 Å². The number of carbonyl (C=O) groups is 3. The molecule has 7 heteroatoms. The molecule has 34 heavy (non-hydrogen) atoms. The minimum Gasteiger partial charge on any atom is -0.481 e. The lowest BCUT2D eigenvalue weighted by atomic mass is 9.94. The van der Waals surface area contributed by atoms with Gasteiger partial charge < -0.3 is 20.4 Å². The Morgan fingerprint density at radius 3 is 1.71 bits per heavy atom. The number of likely N-dealkylation sites (tertiary alicyclic amines) is 1. The molecular formula is C27H50N2O5. The van der Waals surface area contributed by atoms with E-state index in [1.165, 1.54) is 62.7 Å². The van der Waals surface area contributed by atoms with E-state index < -0.39 is 12.2 Å². The fourth-order valence-corrected chi connectivity index (χ4v) is 4.73. The van der Waals surface area contributed by atoms with Crippen molar-refractivity contribution in [2.45, 2.75) is 129 Å². The molecule has 0 aromatic carbocycles. The molecule has 2 amide bonds. The van der Waals surface area contributed by atoms with Gasteiger partial charge in [-0.2, -0.15) is 0 Å². The van der Waals surface area contributed by atoms with Crippen LogP contribution in [-0.2, 0) is 14.4 Å². The molecule has 1 aliphatic heterocycles. The lowest BCUT2D eigenvalue weighted by Gasteiger charge is -2.25. The lowest BCUT2D eigenvalue weighted by Crippen LogP contribution is -2.41. The lowest BCUT2D eigenvalue weighted by molar-refractivity contribution is -0.137. The van der Waals surface area contributed by atoms with Gasteiger partial charge >= 0.3 is 5.97 Å². The topological polar surface area (TPSA) is 107 Å². The Balaban J connectivity index is 1.85. The van der Waals surface area contributed by atoms with Gasteiger partial charge in [0.05, 0.1) is 0 Å². The highest BCUT2D eigenvalue weighted by molar-refractivity contribution is 5.79. The number of nitrogens with one attached hydrogen (secondary N) is 1. The van der Waals surface area contributed by atoms with Crippen molar-refractivity contribution < 1.29 is 24.6 Å². The Morgan fingerprint density at radius 2 is 1.29 bits per heavy atom. The summed E-state index contributed by atoms with van der Waals surface area (Å²) in [7, 11) is 0. The van der Waals surface area contributed by atoms with Crippen LogP contribution in [0.5, 0.6) is 0 Å². The predicted octanol–water partition coefficient (Wildman–Crippen LogP) is 5.25. The Morgan fingerprint density at radius 1 is 0.853 bits per heavy atom. The zero-order valence-electron chi connectivity index (χ0n) is 21.7. The van der Waals surface area contributed by atoms with Crippen molar-refractivity contribution in [1.29, 1.82) is 0 Å². The van der Waals surface area contributed by atoms with Crippen LogP contribution in [-0.4, -0.2) is 52.2 Å². The molecule has 1 rings (SSSR count). The van der Waals surface area contributed by atoms with Crippen LogP contribution in [0.4, 0.5) is 0 Å². The highest BCUT2D eigenvalue weighted by Gasteiger charge is 2.39. The van der Waals surface area contributed by atoms with Gasteiger partial charge in [0.15, 0.2) is 0 Å². The molecule has 0 bridgehead atoms. The van der Waals surface area contributed by atoms with Gasteiger partial charge in [-0.3, -0.25) is 14.4 Å². The molecule has 7 nitrogen and oxygen atoms in total. The van der Waals surface area contributed by atoms with E-state index in [1.807, 2.05) is 13.8 Å². The van der Waals surface area contributed by atoms with Crippen molar-refractivity contribution >= 4 is 17.8 Å². The molecule has 1 fully saturated rings. The minimum absolute atomic E-state index is 0.0173. The largest absolute Gasteiger partial charge is 0.481 e. The molecule has 0 aromatic heterocycles. The van der Waals surface area contributed by atoms with Crippen LogP contribution in [0.1, 0.15) is 123 Å². The first kappa shape index (κ1) is 30.4. The molecule has 0 radical (unpaired) electrons. The number of hydrogen-bond donors (Lipinski definition) is 3. The van der Waals surface area contributed by atoms with Gasteiger partial charge in [-0.25, -0.2) is 0 Å². The molecule has 0 aromatic rings. The SMILES string of the molecule is CC(C)C1CC(=O)N(CCNC(=O)CCCCCCCCCCCCCCCCC(=O)O)C1O. The number of nitrogens with zero attached hydrogens (tertiary/aromatic N) is 1. The van der Waals surface area contributed by atoms with E-state index in [2.05, 4.69) is 5.32 Å². The quantitative estimate of drug-likeness (QED) is 0.194. The van der Waals surface area contributed by atoms with E-state index in [9.17, 15) is 19.5 Å². The van der Waals surface area contributed by atoms with E-state index >= 15 is 0 Å². The minimum atomic E-state index is -0.730. The number of aliphatic carboxylic acids is 1. The highest BCUT2D eigenvalue weighted by atomic mass is 16.4. The van der Waals surface area contributed by atoms with Gasteiger partial charge in [-0.15, -0.1) is 0 Å². The molecule has 1 aliphatic rings. The Bertz CT molecular complexity index is 581. The Kier molecular flexibility index (Phi) is 16.7. The molecule has 1 heterocycles. The summed E-state index contributed by atoms with van der Waals surface area (Å²) in [5.41, 5.74) is 0. The first-order chi connectivity index (χ1) is 16.3. The Labute approximate surface area is 207 Å². The van der Waals surface area contributed by atoms with Gasteiger partial charge in [0.1, 0.15) is 6.23 Å². The van der Waals surface area contributed by atoms with Gasteiger partial charge in [0.25, 0.3) is 0 Å². The monoisotopic (exact) mass is 482 g/mol. The predicted molar refractivity (Wildman–Crippen MR) is 135 cm³/mol. The summed E-state index contributed by atoms with van der Waals surface area (Å²) >= 11 is 0. The third kappa shape index (κ3) is 13.9. The Hall–Kier alpha value is -1.63. The second kappa shape index (κ2) is 18.7. The van der Waals surface area contributed by atoms with E-state index in [4.69, 9.17) is 5.11 Å². The number of carbonyl (C=O) groups excluding carboxylic acids is 2. The number of amides is 2. The van der Waals surface area contributed by atoms with Crippen molar-refractivity contribution in [1.82, 2.24) is 10.2 Å². The zero-order chi connectivity index (χ0) is 25.2. The van der Waals surface area contributed by atoms with E-state index in [-0.39, 0.29) is 23.7 Å². The number of rotatable bonds is 21. The average Bonchev–Trinajstić information content (AvgIpc) is 3.07. The first-order valence-electron chi connectivity index (χ1n) is 13.8. The van der Waals surface area contributed by atoms with Gasteiger partial charge in [0, 0.05) is 38.3 Å². The molecule has 198 valence electrons. The van der Waals surface area contributed by atoms with Crippen molar-refractivity contribution in [3.05, 3.63) is 0 Å². The molecule has 2 unspecified atom stereocenters. The number of aliphatic hydroxyl groups is 1. The summed E-state index contributed by atoms with van der Waals surface area (Å²) in [5, 5.41) is 21.8. The third-order valence-corrected chi connectivity index (χ3v) is 7.01. The van der Waals surface area contributed by atoms with Gasteiger partial charge in [-0.05, 0) is 18.8 Å². The summed E-state index contributed by atoms with van der Waals surface area (Å²) in [6.45, 7) is 4.82. The fraction of sp³-hybridized carbons (Fsp3) is 0.889. The molecule has 0 aliphatic carbocycles. The first-order valence-corrected chi connectivity index (χ1v) is 13.8. The van der Waals surface area contributed by atoms with Crippen LogP contribution in [0, 0.1) is 11.8 Å². The third-order valence-electron chi connectivity index (χ3n) is 7.01.